The molecule has 0 fully saturated rings. The van der Waals surface area contributed by atoms with E-state index >= 15 is 0 Å². The quantitative estimate of drug-likeness (QED) is 0.539. The molecule has 0 saturated heterocycles. The molecule has 3 N–H and O–H groups in total. The third-order valence-corrected chi connectivity index (χ3v) is 3.82. The van der Waals surface area contributed by atoms with E-state index in [1.807, 2.05) is 0 Å². The van der Waals surface area contributed by atoms with Gasteiger partial charge in [0.25, 0.3) is 0 Å². The fourth-order valence-corrected chi connectivity index (χ4v) is 2.53. The zero-order valence-electron chi connectivity index (χ0n) is 14.7. The highest BCUT2D eigenvalue weighted by Gasteiger charge is 2.16. The summed E-state index contributed by atoms with van der Waals surface area (Å²) in [5.74, 6) is -3.62. The minimum atomic E-state index is -1.27. The number of carbonyl (C=O) groups is 3. The first-order chi connectivity index (χ1) is 13.8. The first-order valence-corrected chi connectivity index (χ1v) is 8.24. The standard InChI is InChI=1S/C21H14O8/c22-19(23)12-9-13(28-17-7-3-1-5-15(17)20(24)25)11-14(10-12)29-18-8-4-2-6-16(18)21(26)27/h1-11H,(H,22,23)(H,24,25)(H,26,27). The van der Waals surface area contributed by atoms with E-state index in [-0.39, 0.29) is 39.7 Å². The average Bonchev–Trinajstić information content (AvgIpc) is 2.68. The highest BCUT2D eigenvalue weighted by Crippen LogP contribution is 2.33. The summed E-state index contributed by atoms with van der Waals surface area (Å²) in [7, 11) is 0. The van der Waals surface area contributed by atoms with Crippen molar-refractivity contribution in [1.82, 2.24) is 0 Å². The second kappa shape index (κ2) is 8.13. The largest absolute Gasteiger partial charge is 0.478 e. The summed E-state index contributed by atoms with van der Waals surface area (Å²) >= 11 is 0. The molecule has 3 rings (SSSR count). The molecule has 0 radical (unpaired) electrons. The highest BCUT2D eigenvalue weighted by atomic mass is 16.5. The molecule has 0 bridgehead atoms. The van der Waals surface area contributed by atoms with E-state index in [9.17, 15) is 29.7 Å². The maximum Gasteiger partial charge on any atom is 0.339 e. The van der Waals surface area contributed by atoms with E-state index < -0.39 is 17.9 Å². The predicted molar refractivity (Wildman–Crippen MR) is 100 cm³/mol. The van der Waals surface area contributed by atoms with Gasteiger partial charge in [-0.15, -0.1) is 0 Å². The van der Waals surface area contributed by atoms with Crippen LogP contribution < -0.4 is 9.47 Å². The van der Waals surface area contributed by atoms with E-state index in [2.05, 4.69) is 0 Å². The number of rotatable bonds is 7. The lowest BCUT2D eigenvalue weighted by Crippen LogP contribution is -2.02. The van der Waals surface area contributed by atoms with Crippen molar-refractivity contribution < 1.29 is 39.2 Å². The molecule has 0 aliphatic heterocycles. The van der Waals surface area contributed by atoms with Crippen LogP contribution in [0, 0.1) is 0 Å². The summed E-state index contributed by atoms with van der Waals surface area (Å²) in [6.07, 6.45) is 0. The summed E-state index contributed by atoms with van der Waals surface area (Å²) in [5, 5.41) is 27.9. The summed E-state index contributed by atoms with van der Waals surface area (Å²) in [6.45, 7) is 0. The zero-order chi connectivity index (χ0) is 21.0. The molecule has 3 aromatic rings. The van der Waals surface area contributed by atoms with E-state index in [1.165, 1.54) is 54.6 Å². The molecule has 0 aromatic heterocycles. The van der Waals surface area contributed by atoms with Gasteiger partial charge >= 0.3 is 17.9 Å². The van der Waals surface area contributed by atoms with Crippen LogP contribution in [0.3, 0.4) is 0 Å². The molecular formula is C21H14O8. The van der Waals surface area contributed by atoms with Crippen LogP contribution in [0.1, 0.15) is 31.1 Å². The van der Waals surface area contributed by atoms with Crippen LogP contribution in [-0.2, 0) is 0 Å². The first-order valence-electron chi connectivity index (χ1n) is 8.24. The third-order valence-electron chi connectivity index (χ3n) is 3.82. The van der Waals surface area contributed by atoms with Crippen LogP contribution >= 0.6 is 0 Å². The van der Waals surface area contributed by atoms with Gasteiger partial charge in [-0.3, -0.25) is 0 Å². The molecule has 0 saturated carbocycles. The van der Waals surface area contributed by atoms with Gasteiger partial charge < -0.3 is 24.8 Å². The number of carboxylic acid groups (broad SMARTS) is 3. The molecule has 0 unspecified atom stereocenters. The number of hydrogen-bond donors (Lipinski definition) is 3. The molecule has 8 heteroatoms. The lowest BCUT2D eigenvalue weighted by molar-refractivity contribution is 0.0683. The van der Waals surface area contributed by atoms with Gasteiger partial charge in [0.05, 0.1) is 5.56 Å². The lowest BCUT2D eigenvalue weighted by Gasteiger charge is -2.13. The maximum absolute atomic E-state index is 11.5. The van der Waals surface area contributed by atoms with Gasteiger partial charge in [0.15, 0.2) is 0 Å². The van der Waals surface area contributed by atoms with Crippen LogP contribution in [0.15, 0.2) is 66.7 Å². The fraction of sp³-hybridized carbons (Fsp3) is 0. The molecule has 0 amide bonds. The van der Waals surface area contributed by atoms with E-state index in [0.29, 0.717) is 0 Å². The molecule has 0 aliphatic carbocycles. The Bertz CT molecular complexity index is 1030. The summed E-state index contributed by atoms with van der Waals surface area (Å²) < 4.78 is 11.2. The monoisotopic (exact) mass is 394 g/mol. The Morgan fingerprint density at radius 2 is 1.00 bits per heavy atom. The highest BCUT2D eigenvalue weighted by molar-refractivity contribution is 5.92. The Balaban J connectivity index is 2.01. The van der Waals surface area contributed by atoms with E-state index in [4.69, 9.17) is 9.47 Å². The van der Waals surface area contributed by atoms with Crippen molar-refractivity contribution in [1.29, 1.82) is 0 Å². The smallest absolute Gasteiger partial charge is 0.339 e. The van der Waals surface area contributed by atoms with Gasteiger partial charge in [-0.1, -0.05) is 24.3 Å². The maximum atomic E-state index is 11.5. The zero-order valence-corrected chi connectivity index (χ0v) is 14.7. The van der Waals surface area contributed by atoms with Crippen molar-refractivity contribution in [3.8, 4) is 23.0 Å². The van der Waals surface area contributed by atoms with Crippen molar-refractivity contribution in [2.75, 3.05) is 0 Å². The minimum absolute atomic E-state index is 0.0134. The van der Waals surface area contributed by atoms with Crippen LogP contribution in [-0.4, -0.2) is 33.2 Å². The molecule has 146 valence electrons. The number of para-hydroxylation sites is 2. The summed E-state index contributed by atoms with van der Waals surface area (Å²) in [4.78, 5) is 34.1. The number of carboxylic acids is 3. The molecule has 3 aromatic carbocycles. The van der Waals surface area contributed by atoms with Crippen LogP contribution in [0.4, 0.5) is 0 Å². The van der Waals surface area contributed by atoms with Gasteiger partial charge in [0.2, 0.25) is 0 Å². The summed E-state index contributed by atoms with van der Waals surface area (Å²) in [5.41, 5.74) is -0.392. The van der Waals surface area contributed by atoms with Crippen LogP contribution in [0.5, 0.6) is 23.0 Å². The van der Waals surface area contributed by atoms with Gasteiger partial charge in [-0.25, -0.2) is 14.4 Å². The molecular weight excluding hydrogens is 380 g/mol. The number of ether oxygens (including phenoxy) is 2. The predicted octanol–water partition coefficient (Wildman–Crippen LogP) is 4.37. The van der Waals surface area contributed by atoms with Crippen LogP contribution in [0.2, 0.25) is 0 Å². The van der Waals surface area contributed by atoms with E-state index in [0.717, 1.165) is 0 Å². The molecule has 0 atom stereocenters. The van der Waals surface area contributed by atoms with Crippen molar-refractivity contribution in [2.45, 2.75) is 0 Å². The molecule has 0 aliphatic rings. The number of aromatic carboxylic acids is 3. The van der Waals surface area contributed by atoms with Crippen molar-refractivity contribution in [3.63, 3.8) is 0 Å². The number of hydrogen-bond acceptors (Lipinski definition) is 5. The Hall–Kier alpha value is -4.33. The van der Waals surface area contributed by atoms with E-state index in [1.54, 1.807) is 12.1 Å². The molecule has 29 heavy (non-hydrogen) atoms. The molecule has 8 nitrogen and oxygen atoms in total. The SMILES string of the molecule is O=C(O)c1cc(Oc2ccccc2C(=O)O)cc(Oc2ccccc2C(=O)O)c1. The van der Waals surface area contributed by atoms with Crippen molar-refractivity contribution in [2.24, 2.45) is 0 Å². The van der Waals surface area contributed by atoms with Crippen molar-refractivity contribution >= 4 is 17.9 Å². The van der Waals surface area contributed by atoms with Gasteiger partial charge in [-0.2, -0.15) is 0 Å². The normalized spacial score (nSPS) is 10.2. The lowest BCUT2D eigenvalue weighted by atomic mass is 10.1. The number of benzene rings is 3. The minimum Gasteiger partial charge on any atom is -0.478 e. The topological polar surface area (TPSA) is 130 Å². The third kappa shape index (κ3) is 4.51. The van der Waals surface area contributed by atoms with Gasteiger partial charge in [-0.05, 0) is 36.4 Å². The average molecular weight is 394 g/mol. The Morgan fingerprint density at radius 3 is 1.38 bits per heavy atom. The Morgan fingerprint density at radius 1 is 0.586 bits per heavy atom. The second-order valence-electron chi connectivity index (χ2n) is 5.80. The van der Waals surface area contributed by atoms with Crippen molar-refractivity contribution in [3.05, 3.63) is 83.4 Å². The fourth-order valence-electron chi connectivity index (χ4n) is 2.53. The Kier molecular flexibility index (Phi) is 5.45. The molecule has 0 spiro atoms. The first kappa shape index (κ1) is 19.4. The molecule has 0 heterocycles. The van der Waals surface area contributed by atoms with Crippen LogP contribution in [0.25, 0.3) is 0 Å². The second-order valence-corrected chi connectivity index (χ2v) is 5.80. The van der Waals surface area contributed by atoms with Gasteiger partial charge in [0.1, 0.15) is 34.1 Å². The Labute approximate surface area is 164 Å². The van der Waals surface area contributed by atoms with Gasteiger partial charge in [0, 0.05) is 6.07 Å². The summed E-state index contributed by atoms with van der Waals surface area (Å²) in [6, 6.07) is 15.5.